The van der Waals surface area contributed by atoms with Gasteiger partial charge >= 0.3 is 0 Å². The summed E-state index contributed by atoms with van der Waals surface area (Å²) in [7, 11) is 1.96. The molecule has 1 aromatic rings. The molecule has 15 heavy (non-hydrogen) atoms. The number of hydrogen-bond donors (Lipinski definition) is 1. The fourth-order valence-electron chi connectivity index (χ4n) is 2.84. The molecule has 1 aliphatic carbocycles. The monoisotopic (exact) mass is 206 g/mol. The lowest BCUT2D eigenvalue weighted by molar-refractivity contribution is 0.0894. The van der Waals surface area contributed by atoms with E-state index in [4.69, 9.17) is 5.73 Å². The number of nitrogens with two attached hydrogens (primary N) is 1. The molecule has 2 N–H and O–H groups in total. The molecule has 2 aliphatic rings. The quantitative estimate of drug-likeness (QED) is 0.781. The lowest BCUT2D eigenvalue weighted by atomic mass is 9.63. The molecule has 2 heterocycles. The molecule has 1 saturated carbocycles. The SMILES string of the molecule is Cn1cc(CN)c(N2CC3(CCC3)C2)n1. The molecule has 0 atom stereocenters. The van der Waals surface area contributed by atoms with Crippen molar-refractivity contribution in [1.29, 1.82) is 0 Å². The van der Waals surface area contributed by atoms with Gasteiger partial charge in [-0.15, -0.1) is 0 Å². The van der Waals surface area contributed by atoms with Gasteiger partial charge in [-0.2, -0.15) is 5.10 Å². The fraction of sp³-hybridized carbons (Fsp3) is 0.727. The van der Waals surface area contributed by atoms with Crippen molar-refractivity contribution in [2.45, 2.75) is 25.8 Å². The molecule has 0 bridgehead atoms. The zero-order valence-corrected chi connectivity index (χ0v) is 9.24. The smallest absolute Gasteiger partial charge is 0.155 e. The van der Waals surface area contributed by atoms with Crippen LogP contribution in [0.25, 0.3) is 0 Å². The summed E-state index contributed by atoms with van der Waals surface area (Å²) in [6, 6.07) is 0. The topological polar surface area (TPSA) is 47.1 Å². The van der Waals surface area contributed by atoms with E-state index < -0.39 is 0 Å². The van der Waals surface area contributed by atoms with Gasteiger partial charge in [-0.25, -0.2) is 0 Å². The summed E-state index contributed by atoms with van der Waals surface area (Å²) in [5, 5.41) is 4.49. The van der Waals surface area contributed by atoms with Crippen molar-refractivity contribution >= 4 is 5.82 Å². The molecule has 3 rings (SSSR count). The highest BCUT2D eigenvalue weighted by atomic mass is 15.4. The first-order chi connectivity index (χ1) is 7.22. The standard InChI is InChI=1S/C11H18N4/c1-14-6-9(5-12)10(13-14)15-7-11(8-15)3-2-4-11/h6H,2-5,7-8,12H2,1H3. The third kappa shape index (κ3) is 1.28. The first kappa shape index (κ1) is 9.21. The molecule has 1 spiro atoms. The first-order valence-electron chi connectivity index (χ1n) is 5.70. The first-order valence-corrected chi connectivity index (χ1v) is 5.70. The van der Waals surface area contributed by atoms with Crippen LogP contribution in [-0.2, 0) is 13.6 Å². The maximum absolute atomic E-state index is 5.71. The summed E-state index contributed by atoms with van der Waals surface area (Å²) in [6.45, 7) is 2.97. The number of rotatable bonds is 2. The van der Waals surface area contributed by atoms with Gasteiger partial charge in [0.05, 0.1) is 0 Å². The van der Waals surface area contributed by atoms with Crippen molar-refractivity contribution < 1.29 is 0 Å². The minimum absolute atomic E-state index is 0.590. The predicted octanol–water partition coefficient (Wildman–Crippen LogP) is 0.869. The molecule has 4 heteroatoms. The highest BCUT2D eigenvalue weighted by Gasteiger charge is 2.48. The van der Waals surface area contributed by atoms with Crippen molar-refractivity contribution in [3.63, 3.8) is 0 Å². The van der Waals surface area contributed by atoms with Crippen LogP contribution < -0.4 is 10.6 Å². The Hall–Kier alpha value is -1.03. The summed E-state index contributed by atoms with van der Waals surface area (Å²) in [5.41, 5.74) is 7.54. The molecule has 0 aromatic carbocycles. The Morgan fingerprint density at radius 1 is 1.47 bits per heavy atom. The van der Waals surface area contributed by atoms with Crippen LogP contribution in [0.4, 0.5) is 5.82 Å². The Bertz CT molecular complexity index is 370. The van der Waals surface area contributed by atoms with E-state index in [9.17, 15) is 0 Å². The third-order valence-electron chi connectivity index (χ3n) is 3.87. The van der Waals surface area contributed by atoms with Gasteiger partial charge < -0.3 is 10.6 Å². The largest absolute Gasteiger partial charge is 0.354 e. The van der Waals surface area contributed by atoms with E-state index in [0.29, 0.717) is 12.0 Å². The van der Waals surface area contributed by atoms with Crippen LogP contribution in [0.3, 0.4) is 0 Å². The highest BCUT2D eigenvalue weighted by Crippen LogP contribution is 2.49. The summed E-state index contributed by atoms with van der Waals surface area (Å²) < 4.78 is 1.86. The number of nitrogens with zero attached hydrogens (tertiary/aromatic N) is 3. The molecule has 82 valence electrons. The number of hydrogen-bond acceptors (Lipinski definition) is 3. The molecule has 1 saturated heterocycles. The molecule has 4 nitrogen and oxygen atoms in total. The summed E-state index contributed by atoms with van der Waals surface area (Å²) >= 11 is 0. The average molecular weight is 206 g/mol. The van der Waals surface area contributed by atoms with E-state index in [1.165, 1.54) is 37.9 Å². The Morgan fingerprint density at radius 3 is 2.73 bits per heavy atom. The lowest BCUT2D eigenvalue weighted by Gasteiger charge is -2.56. The average Bonchev–Trinajstić information content (AvgIpc) is 2.42. The van der Waals surface area contributed by atoms with Gasteiger partial charge in [0.15, 0.2) is 5.82 Å². The van der Waals surface area contributed by atoms with Gasteiger partial charge in [-0.05, 0) is 12.8 Å². The second-order valence-electron chi connectivity index (χ2n) is 5.07. The van der Waals surface area contributed by atoms with Gasteiger partial charge in [0.2, 0.25) is 0 Å². The van der Waals surface area contributed by atoms with Crippen molar-refractivity contribution in [3.05, 3.63) is 11.8 Å². The van der Waals surface area contributed by atoms with Crippen LogP contribution in [-0.4, -0.2) is 22.9 Å². The second-order valence-corrected chi connectivity index (χ2v) is 5.07. The zero-order chi connectivity index (χ0) is 10.5. The zero-order valence-electron chi connectivity index (χ0n) is 9.24. The van der Waals surface area contributed by atoms with E-state index in [-0.39, 0.29) is 0 Å². The van der Waals surface area contributed by atoms with Crippen LogP contribution in [0.15, 0.2) is 6.20 Å². The second kappa shape index (κ2) is 2.98. The van der Waals surface area contributed by atoms with Gasteiger partial charge in [-0.3, -0.25) is 4.68 Å². The van der Waals surface area contributed by atoms with Crippen molar-refractivity contribution in [1.82, 2.24) is 9.78 Å². The Labute approximate surface area is 90.0 Å². The number of aryl methyl sites for hydroxylation is 1. The molecule has 0 unspecified atom stereocenters. The van der Waals surface area contributed by atoms with E-state index in [1.807, 2.05) is 17.9 Å². The highest BCUT2D eigenvalue weighted by molar-refractivity contribution is 5.49. The molecular formula is C11H18N4. The van der Waals surface area contributed by atoms with Gasteiger partial charge in [-0.1, -0.05) is 6.42 Å². The van der Waals surface area contributed by atoms with Crippen LogP contribution >= 0.6 is 0 Å². The molecule has 1 aromatic heterocycles. The van der Waals surface area contributed by atoms with Gasteiger partial charge in [0, 0.05) is 43.9 Å². The summed E-state index contributed by atoms with van der Waals surface area (Å²) in [4.78, 5) is 2.38. The maximum Gasteiger partial charge on any atom is 0.155 e. The molecule has 0 radical (unpaired) electrons. The minimum Gasteiger partial charge on any atom is -0.354 e. The van der Waals surface area contributed by atoms with Crippen molar-refractivity contribution in [2.75, 3.05) is 18.0 Å². The predicted molar refractivity (Wildman–Crippen MR) is 59.6 cm³/mol. The number of anilines is 1. The van der Waals surface area contributed by atoms with E-state index in [2.05, 4.69) is 10.00 Å². The summed E-state index contributed by atoms with van der Waals surface area (Å²) in [6.07, 6.45) is 6.27. The third-order valence-corrected chi connectivity index (χ3v) is 3.87. The molecule has 2 fully saturated rings. The van der Waals surface area contributed by atoms with E-state index in [1.54, 1.807) is 0 Å². The van der Waals surface area contributed by atoms with Crippen LogP contribution in [0, 0.1) is 5.41 Å². The van der Waals surface area contributed by atoms with Crippen LogP contribution in [0.2, 0.25) is 0 Å². The molecule has 1 aliphatic heterocycles. The normalized spacial score (nSPS) is 22.7. The Kier molecular flexibility index (Phi) is 1.83. The van der Waals surface area contributed by atoms with Gasteiger partial charge in [0.25, 0.3) is 0 Å². The number of aromatic nitrogens is 2. The van der Waals surface area contributed by atoms with Gasteiger partial charge in [0.1, 0.15) is 0 Å². The minimum atomic E-state index is 0.590. The lowest BCUT2D eigenvalue weighted by Crippen LogP contribution is -2.60. The Morgan fingerprint density at radius 2 is 2.20 bits per heavy atom. The Balaban J connectivity index is 1.76. The molecular weight excluding hydrogens is 188 g/mol. The van der Waals surface area contributed by atoms with Crippen molar-refractivity contribution in [3.8, 4) is 0 Å². The summed E-state index contributed by atoms with van der Waals surface area (Å²) in [5.74, 6) is 1.11. The van der Waals surface area contributed by atoms with E-state index in [0.717, 1.165) is 5.82 Å². The maximum atomic E-state index is 5.71. The van der Waals surface area contributed by atoms with Crippen LogP contribution in [0.5, 0.6) is 0 Å². The fourth-order valence-corrected chi connectivity index (χ4v) is 2.84. The van der Waals surface area contributed by atoms with E-state index >= 15 is 0 Å². The van der Waals surface area contributed by atoms with Crippen molar-refractivity contribution in [2.24, 2.45) is 18.2 Å². The van der Waals surface area contributed by atoms with Crippen LogP contribution in [0.1, 0.15) is 24.8 Å². The molecule has 0 amide bonds.